The second kappa shape index (κ2) is 6.98. The highest BCUT2D eigenvalue weighted by atomic mass is 32.2. The molecule has 2 rings (SSSR count). The van der Waals surface area contributed by atoms with Gasteiger partial charge < -0.3 is 0 Å². The molecule has 23 heavy (non-hydrogen) atoms. The minimum Gasteiger partial charge on any atom is -0.275 e. The van der Waals surface area contributed by atoms with E-state index in [9.17, 15) is 8.42 Å². The monoisotopic (exact) mass is 327 g/mol. The van der Waals surface area contributed by atoms with Crippen LogP contribution in [0.2, 0.25) is 0 Å². The molecule has 2 aromatic heterocycles. The van der Waals surface area contributed by atoms with Crippen LogP contribution in [-0.2, 0) is 10.0 Å². The predicted molar refractivity (Wildman–Crippen MR) is 81.6 cm³/mol. The van der Waals surface area contributed by atoms with E-state index < -0.39 is 10.0 Å². The molecule has 0 amide bonds. The lowest BCUT2D eigenvalue weighted by atomic mass is 10.4. The lowest BCUT2D eigenvalue weighted by molar-refractivity contribution is 0.600. The van der Waals surface area contributed by atoms with Crippen LogP contribution in [0.5, 0.6) is 0 Å². The molecule has 0 aliphatic rings. The summed E-state index contributed by atoms with van der Waals surface area (Å²) < 4.78 is 26.5. The molecular formula is C13H9N7O2S. The minimum atomic E-state index is -3.77. The van der Waals surface area contributed by atoms with Crippen LogP contribution in [-0.4, -0.2) is 24.1 Å². The summed E-state index contributed by atoms with van der Waals surface area (Å²) in [5, 5.41) is 20.6. The molecule has 0 saturated heterocycles. The van der Waals surface area contributed by atoms with Gasteiger partial charge in [-0.1, -0.05) is 0 Å². The fraction of sp³-hybridized carbons (Fsp3) is 0. The first-order valence-corrected chi connectivity index (χ1v) is 7.56. The number of nitrogens with one attached hydrogen (secondary N) is 2. The first-order chi connectivity index (χ1) is 11.0. The third-order valence-corrected chi connectivity index (χ3v) is 3.80. The van der Waals surface area contributed by atoms with Gasteiger partial charge in [-0.2, -0.15) is 15.6 Å². The van der Waals surface area contributed by atoms with Crippen LogP contribution < -0.4 is 10.1 Å². The Morgan fingerprint density at radius 2 is 1.96 bits per heavy atom. The number of sulfonamides is 1. The second-order valence-electron chi connectivity index (χ2n) is 4.02. The van der Waals surface area contributed by atoms with Crippen molar-refractivity contribution in [2.75, 3.05) is 10.1 Å². The number of nitriles is 2. The van der Waals surface area contributed by atoms with Gasteiger partial charge in [-0.25, -0.2) is 13.4 Å². The number of nitrogens with zero attached hydrogens (tertiary/aromatic N) is 5. The van der Waals surface area contributed by atoms with E-state index in [1.54, 1.807) is 12.1 Å². The number of hydrazone groups is 1. The van der Waals surface area contributed by atoms with Crippen molar-refractivity contribution < 1.29 is 8.42 Å². The van der Waals surface area contributed by atoms with Gasteiger partial charge in [0.25, 0.3) is 10.0 Å². The highest BCUT2D eigenvalue weighted by molar-refractivity contribution is 7.92. The molecule has 10 heteroatoms. The van der Waals surface area contributed by atoms with Gasteiger partial charge in [0.15, 0.2) is 0 Å². The SMILES string of the molecule is N#CC(C#N)=NNc1ccc(NS(=O)(=O)c2cccnc2)nc1. The topological polar surface area (TPSA) is 144 Å². The fourth-order valence-corrected chi connectivity index (χ4v) is 2.39. The van der Waals surface area contributed by atoms with Crippen molar-refractivity contribution in [3.63, 3.8) is 0 Å². The fourth-order valence-electron chi connectivity index (χ4n) is 1.42. The molecule has 0 saturated carbocycles. The summed E-state index contributed by atoms with van der Waals surface area (Å²) in [5.74, 6) is 0.101. The molecule has 9 nitrogen and oxygen atoms in total. The van der Waals surface area contributed by atoms with Crippen LogP contribution in [0.3, 0.4) is 0 Å². The zero-order valence-electron chi connectivity index (χ0n) is 11.5. The number of anilines is 2. The van der Waals surface area contributed by atoms with Crippen molar-refractivity contribution in [2.45, 2.75) is 4.90 Å². The average Bonchev–Trinajstić information content (AvgIpc) is 2.58. The van der Waals surface area contributed by atoms with E-state index in [0.29, 0.717) is 5.69 Å². The maximum atomic E-state index is 12.1. The van der Waals surface area contributed by atoms with Gasteiger partial charge in [-0.15, -0.1) is 0 Å². The van der Waals surface area contributed by atoms with Gasteiger partial charge in [0.2, 0.25) is 5.71 Å². The van der Waals surface area contributed by atoms with Gasteiger partial charge in [0, 0.05) is 12.4 Å². The summed E-state index contributed by atoms with van der Waals surface area (Å²) in [4.78, 5) is 7.67. The van der Waals surface area contributed by atoms with E-state index in [0.717, 1.165) is 0 Å². The molecule has 2 N–H and O–H groups in total. The van der Waals surface area contributed by atoms with Gasteiger partial charge in [-0.05, 0) is 24.3 Å². The number of pyridine rings is 2. The summed E-state index contributed by atoms with van der Waals surface area (Å²) in [7, 11) is -3.77. The molecule has 0 unspecified atom stereocenters. The molecule has 0 bridgehead atoms. The van der Waals surface area contributed by atoms with E-state index in [1.807, 2.05) is 0 Å². The van der Waals surface area contributed by atoms with Crippen LogP contribution >= 0.6 is 0 Å². The zero-order valence-corrected chi connectivity index (χ0v) is 12.3. The maximum absolute atomic E-state index is 12.1. The highest BCUT2D eigenvalue weighted by Gasteiger charge is 2.14. The Bertz CT molecular complexity index is 878. The summed E-state index contributed by atoms with van der Waals surface area (Å²) >= 11 is 0. The van der Waals surface area contributed by atoms with Gasteiger partial charge >= 0.3 is 0 Å². The normalized spacial score (nSPS) is 10.0. The molecule has 0 fully saturated rings. The Balaban J connectivity index is 2.11. The number of hydrogen-bond acceptors (Lipinski definition) is 8. The van der Waals surface area contributed by atoms with E-state index in [-0.39, 0.29) is 16.4 Å². The average molecular weight is 327 g/mol. The zero-order chi connectivity index (χ0) is 16.7. The number of rotatable bonds is 5. The van der Waals surface area contributed by atoms with Crippen LogP contribution in [0.15, 0.2) is 52.9 Å². The van der Waals surface area contributed by atoms with Crippen molar-refractivity contribution in [1.82, 2.24) is 9.97 Å². The smallest absolute Gasteiger partial charge is 0.264 e. The quantitative estimate of drug-likeness (QED) is 0.617. The van der Waals surface area contributed by atoms with E-state index in [1.165, 1.54) is 42.9 Å². The minimum absolute atomic E-state index is 0.0151. The molecular weight excluding hydrogens is 318 g/mol. The molecule has 0 aromatic carbocycles. The highest BCUT2D eigenvalue weighted by Crippen LogP contribution is 2.15. The maximum Gasteiger partial charge on any atom is 0.264 e. The number of hydrogen-bond donors (Lipinski definition) is 2. The van der Waals surface area contributed by atoms with Gasteiger partial charge in [0.05, 0.1) is 11.9 Å². The number of aromatic nitrogens is 2. The predicted octanol–water partition coefficient (Wildman–Crippen LogP) is 1.09. The Morgan fingerprint density at radius 3 is 2.52 bits per heavy atom. The summed E-state index contributed by atoms with van der Waals surface area (Å²) in [6, 6.07) is 9.00. The molecule has 0 spiro atoms. The van der Waals surface area contributed by atoms with Gasteiger partial charge in [-0.3, -0.25) is 15.1 Å². The van der Waals surface area contributed by atoms with Crippen LogP contribution in [0.25, 0.3) is 0 Å². The molecule has 2 heterocycles. The van der Waals surface area contributed by atoms with E-state index in [4.69, 9.17) is 10.5 Å². The third kappa shape index (κ3) is 4.23. The molecule has 0 aliphatic carbocycles. The van der Waals surface area contributed by atoms with Crippen molar-refractivity contribution in [3.8, 4) is 12.1 Å². The molecule has 114 valence electrons. The largest absolute Gasteiger partial charge is 0.275 e. The first kappa shape index (κ1) is 15.9. The summed E-state index contributed by atoms with van der Waals surface area (Å²) in [6.45, 7) is 0. The Labute approximate surface area is 132 Å². The van der Waals surface area contributed by atoms with Crippen molar-refractivity contribution >= 4 is 27.2 Å². The Hall–Kier alpha value is -3.50. The van der Waals surface area contributed by atoms with Crippen molar-refractivity contribution in [1.29, 1.82) is 10.5 Å². The molecule has 0 radical (unpaired) electrons. The van der Waals surface area contributed by atoms with Crippen molar-refractivity contribution in [3.05, 3.63) is 42.9 Å². The van der Waals surface area contributed by atoms with Crippen molar-refractivity contribution in [2.24, 2.45) is 5.10 Å². The van der Waals surface area contributed by atoms with Crippen LogP contribution in [0.4, 0.5) is 11.5 Å². The standard InChI is InChI=1S/C13H9N7O2S/c14-6-11(7-15)19-18-10-3-4-13(17-8-10)20-23(21,22)12-2-1-5-16-9-12/h1-5,8-9,18H,(H,17,20). The molecule has 0 aliphatic heterocycles. The lowest BCUT2D eigenvalue weighted by Crippen LogP contribution is -2.14. The molecule has 0 atom stereocenters. The van der Waals surface area contributed by atoms with Crippen LogP contribution in [0, 0.1) is 22.7 Å². The first-order valence-electron chi connectivity index (χ1n) is 6.08. The van der Waals surface area contributed by atoms with E-state index in [2.05, 4.69) is 25.2 Å². The summed E-state index contributed by atoms with van der Waals surface area (Å²) in [6.07, 6.45) is 3.99. The van der Waals surface area contributed by atoms with E-state index >= 15 is 0 Å². The lowest BCUT2D eigenvalue weighted by Gasteiger charge is -2.07. The summed E-state index contributed by atoms with van der Waals surface area (Å²) in [5.41, 5.74) is 2.51. The second-order valence-corrected chi connectivity index (χ2v) is 5.70. The molecule has 2 aromatic rings. The third-order valence-electron chi connectivity index (χ3n) is 2.46. The van der Waals surface area contributed by atoms with Crippen LogP contribution in [0.1, 0.15) is 0 Å². The van der Waals surface area contributed by atoms with Gasteiger partial charge in [0.1, 0.15) is 22.9 Å². The Kier molecular flexibility index (Phi) is 4.82. The Morgan fingerprint density at radius 1 is 1.17 bits per heavy atom.